The maximum atomic E-state index is 11.5. The van der Waals surface area contributed by atoms with Gasteiger partial charge in [-0.25, -0.2) is 0 Å². The van der Waals surface area contributed by atoms with Gasteiger partial charge in [0.2, 0.25) is 5.91 Å². The summed E-state index contributed by atoms with van der Waals surface area (Å²) in [6.07, 6.45) is 0.114. The number of aliphatic hydroxyl groups is 1. The van der Waals surface area contributed by atoms with Crippen molar-refractivity contribution in [2.24, 2.45) is 0 Å². The number of hydrogen-bond acceptors (Lipinski definition) is 2. The lowest BCUT2D eigenvalue weighted by Gasteiger charge is -2.12. The lowest BCUT2D eigenvalue weighted by atomic mass is 10.1. The molecule has 5 heteroatoms. The molecule has 0 aromatic heterocycles. The van der Waals surface area contributed by atoms with E-state index in [0.29, 0.717) is 15.6 Å². The lowest BCUT2D eigenvalue weighted by molar-refractivity contribution is -0.121. The Hall–Kier alpha value is -0.770. The molecule has 1 aromatic rings. The van der Waals surface area contributed by atoms with Crippen LogP contribution in [0.5, 0.6) is 0 Å². The largest absolute Gasteiger partial charge is 0.394 e. The van der Waals surface area contributed by atoms with Crippen LogP contribution in [0.2, 0.25) is 10.0 Å². The molecule has 0 aliphatic heterocycles. The molecule has 3 nitrogen and oxygen atoms in total. The van der Waals surface area contributed by atoms with Gasteiger partial charge in [-0.15, -0.1) is 0 Å². The first kappa shape index (κ1) is 13.3. The van der Waals surface area contributed by atoms with E-state index in [4.69, 9.17) is 28.3 Å². The summed E-state index contributed by atoms with van der Waals surface area (Å²) in [4.78, 5) is 11.5. The van der Waals surface area contributed by atoms with Crippen LogP contribution >= 0.6 is 23.2 Å². The molecule has 1 rings (SSSR count). The maximum absolute atomic E-state index is 11.5. The van der Waals surface area contributed by atoms with Crippen molar-refractivity contribution < 1.29 is 9.90 Å². The van der Waals surface area contributed by atoms with Gasteiger partial charge in [-0.3, -0.25) is 4.79 Å². The molecule has 0 spiro atoms. The summed E-state index contributed by atoms with van der Waals surface area (Å²) in [6.45, 7) is 1.62. The van der Waals surface area contributed by atoms with Gasteiger partial charge in [-0.1, -0.05) is 29.3 Å². The van der Waals surface area contributed by atoms with E-state index < -0.39 is 0 Å². The van der Waals surface area contributed by atoms with E-state index in [2.05, 4.69) is 5.32 Å². The number of amides is 1. The standard InChI is InChI=1S/C11H13Cl2NO2/c1-7(6-15)14-11(16)5-8-9(12)3-2-4-10(8)13/h2-4,7,15H,5-6H2,1H3,(H,14,16)/t7-/m1/s1. The molecular formula is C11H13Cl2NO2. The second-order valence-electron chi connectivity index (χ2n) is 3.53. The summed E-state index contributed by atoms with van der Waals surface area (Å²) >= 11 is 11.9. The van der Waals surface area contributed by atoms with Gasteiger partial charge in [0, 0.05) is 16.1 Å². The average molecular weight is 262 g/mol. The first-order valence-electron chi connectivity index (χ1n) is 4.87. The second kappa shape index (κ2) is 6.09. The molecule has 0 aliphatic carbocycles. The van der Waals surface area contributed by atoms with Crippen molar-refractivity contribution >= 4 is 29.1 Å². The zero-order valence-electron chi connectivity index (χ0n) is 8.84. The Morgan fingerprint density at radius 3 is 2.50 bits per heavy atom. The highest BCUT2D eigenvalue weighted by molar-refractivity contribution is 6.36. The Balaban J connectivity index is 2.70. The van der Waals surface area contributed by atoms with Crippen LogP contribution in [0.1, 0.15) is 12.5 Å². The molecule has 0 heterocycles. The van der Waals surface area contributed by atoms with Crippen LogP contribution < -0.4 is 5.32 Å². The molecule has 0 saturated heterocycles. The van der Waals surface area contributed by atoms with E-state index in [0.717, 1.165) is 0 Å². The fourth-order valence-electron chi connectivity index (χ4n) is 1.23. The van der Waals surface area contributed by atoms with E-state index in [9.17, 15) is 4.79 Å². The molecule has 0 saturated carbocycles. The van der Waals surface area contributed by atoms with E-state index in [1.807, 2.05) is 0 Å². The van der Waals surface area contributed by atoms with Gasteiger partial charge in [-0.2, -0.15) is 0 Å². The van der Waals surface area contributed by atoms with Crippen LogP contribution in [0.25, 0.3) is 0 Å². The molecule has 0 aliphatic rings. The number of halogens is 2. The zero-order chi connectivity index (χ0) is 12.1. The van der Waals surface area contributed by atoms with Crippen molar-refractivity contribution in [1.29, 1.82) is 0 Å². The number of carbonyl (C=O) groups is 1. The summed E-state index contributed by atoms with van der Waals surface area (Å²) in [5.74, 6) is -0.212. The molecule has 1 atom stereocenters. The highest BCUT2D eigenvalue weighted by Gasteiger charge is 2.12. The van der Waals surface area contributed by atoms with E-state index in [1.165, 1.54) is 0 Å². The summed E-state index contributed by atoms with van der Waals surface area (Å²) in [7, 11) is 0. The Labute approximate surface area is 104 Å². The Morgan fingerprint density at radius 2 is 2.00 bits per heavy atom. The van der Waals surface area contributed by atoms with Gasteiger partial charge in [0.05, 0.1) is 13.0 Å². The molecular weight excluding hydrogens is 249 g/mol. The third-order valence-electron chi connectivity index (χ3n) is 2.08. The highest BCUT2D eigenvalue weighted by Crippen LogP contribution is 2.24. The minimum atomic E-state index is -0.270. The highest BCUT2D eigenvalue weighted by atomic mass is 35.5. The fourth-order valence-corrected chi connectivity index (χ4v) is 1.76. The van der Waals surface area contributed by atoms with Crippen molar-refractivity contribution in [2.45, 2.75) is 19.4 Å². The molecule has 0 radical (unpaired) electrons. The molecule has 0 unspecified atom stereocenters. The predicted molar refractivity (Wildman–Crippen MR) is 64.9 cm³/mol. The zero-order valence-corrected chi connectivity index (χ0v) is 10.3. The van der Waals surface area contributed by atoms with Gasteiger partial charge in [0.1, 0.15) is 0 Å². The fraction of sp³-hybridized carbons (Fsp3) is 0.364. The topological polar surface area (TPSA) is 49.3 Å². The van der Waals surface area contributed by atoms with Gasteiger partial charge in [0.25, 0.3) is 0 Å². The quantitative estimate of drug-likeness (QED) is 0.872. The minimum absolute atomic E-state index is 0.0952. The van der Waals surface area contributed by atoms with Crippen LogP contribution in [0.15, 0.2) is 18.2 Å². The van der Waals surface area contributed by atoms with Gasteiger partial charge in [0.15, 0.2) is 0 Å². The summed E-state index contributed by atoms with van der Waals surface area (Å²) in [5.41, 5.74) is 0.605. The van der Waals surface area contributed by atoms with E-state index in [1.54, 1.807) is 25.1 Å². The molecule has 88 valence electrons. The Kier molecular flexibility index (Phi) is 5.06. The molecule has 1 aromatic carbocycles. The number of nitrogens with one attached hydrogen (secondary N) is 1. The third kappa shape index (κ3) is 3.67. The van der Waals surface area contributed by atoms with Crippen LogP contribution in [0.4, 0.5) is 0 Å². The van der Waals surface area contributed by atoms with Crippen molar-refractivity contribution in [3.63, 3.8) is 0 Å². The molecule has 0 fully saturated rings. The lowest BCUT2D eigenvalue weighted by Crippen LogP contribution is -2.36. The predicted octanol–water partition coefficient (Wildman–Crippen LogP) is 2.03. The monoisotopic (exact) mass is 261 g/mol. The summed E-state index contributed by atoms with van der Waals surface area (Å²) in [6, 6.07) is 4.83. The van der Waals surface area contributed by atoms with Crippen LogP contribution in [0.3, 0.4) is 0 Å². The van der Waals surface area contributed by atoms with Crippen molar-refractivity contribution in [2.75, 3.05) is 6.61 Å². The number of hydrogen-bond donors (Lipinski definition) is 2. The van der Waals surface area contributed by atoms with Crippen molar-refractivity contribution in [1.82, 2.24) is 5.32 Å². The Bertz CT molecular complexity index is 362. The normalized spacial score (nSPS) is 12.2. The number of benzene rings is 1. The van der Waals surface area contributed by atoms with Crippen molar-refractivity contribution in [3.05, 3.63) is 33.8 Å². The van der Waals surface area contributed by atoms with E-state index >= 15 is 0 Å². The second-order valence-corrected chi connectivity index (χ2v) is 4.34. The number of carbonyl (C=O) groups excluding carboxylic acids is 1. The third-order valence-corrected chi connectivity index (χ3v) is 2.79. The van der Waals surface area contributed by atoms with Crippen molar-refractivity contribution in [3.8, 4) is 0 Å². The smallest absolute Gasteiger partial charge is 0.224 e. The van der Waals surface area contributed by atoms with Gasteiger partial charge >= 0.3 is 0 Å². The van der Waals surface area contributed by atoms with Crippen LogP contribution in [0, 0.1) is 0 Å². The van der Waals surface area contributed by atoms with Crippen LogP contribution in [-0.2, 0) is 11.2 Å². The summed E-state index contributed by atoms with van der Waals surface area (Å²) in [5, 5.41) is 12.4. The average Bonchev–Trinajstić information content (AvgIpc) is 2.23. The van der Waals surface area contributed by atoms with Gasteiger partial charge < -0.3 is 10.4 Å². The minimum Gasteiger partial charge on any atom is -0.394 e. The first-order chi connectivity index (χ1) is 7.54. The Morgan fingerprint density at radius 1 is 1.44 bits per heavy atom. The molecule has 1 amide bonds. The molecule has 16 heavy (non-hydrogen) atoms. The molecule has 2 N–H and O–H groups in total. The SMILES string of the molecule is C[C@H](CO)NC(=O)Cc1c(Cl)cccc1Cl. The number of rotatable bonds is 4. The maximum Gasteiger partial charge on any atom is 0.224 e. The summed E-state index contributed by atoms with van der Waals surface area (Å²) < 4.78 is 0. The molecule has 0 bridgehead atoms. The first-order valence-corrected chi connectivity index (χ1v) is 5.63. The van der Waals surface area contributed by atoms with E-state index in [-0.39, 0.29) is 25.0 Å². The van der Waals surface area contributed by atoms with Crippen LogP contribution in [-0.4, -0.2) is 23.7 Å². The number of aliphatic hydroxyl groups excluding tert-OH is 1. The van der Waals surface area contributed by atoms with Gasteiger partial charge in [-0.05, 0) is 24.6 Å².